The summed E-state index contributed by atoms with van der Waals surface area (Å²) in [6.07, 6.45) is 0.406. The average molecular weight is 281 g/mol. The highest BCUT2D eigenvalue weighted by Crippen LogP contribution is 2.01. The van der Waals surface area contributed by atoms with Crippen molar-refractivity contribution in [2.75, 3.05) is 13.1 Å². The molecular formula is C11H15N5O4. The number of carbonyl (C=O) groups excluding carboxylic acids is 3. The fraction of sp³-hybridized carbons (Fsp3) is 0.545. The Labute approximate surface area is 114 Å². The van der Waals surface area contributed by atoms with E-state index in [1.54, 1.807) is 6.92 Å². The molecule has 9 nitrogen and oxygen atoms in total. The molecule has 1 fully saturated rings. The summed E-state index contributed by atoms with van der Waals surface area (Å²) < 4.78 is 4.85. The van der Waals surface area contributed by atoms with E-state index >= 15 is 0 Å². The molecule has 1 aliphatic rings. The van der Waals surface area contributed by atoms with Gasteiger partial charge < -0.3 is 14.7 Å². The summed E-state index contributed by atoms with van der Waals surface area (Å²) in [6, 6.07) is -0.457. The maximum absolute atomic E-state index is 11.6. The molecule has 20 heavy (non-hydrogen) atoms. The number of rotatable bonds is 5. The fourth-order valence-corrected chi connectivity index (χ4v) is 1.72. The number of hydrogen-bond donors (Lipinski definition) is 2. The number of imide groups is 1. The van der Waals surface area contributed by atoms with Crippen molar-refractivity contribution >= 4 is 17.8 Å². The minimum absolute atomic E-state index is 0.148. The molecule has 0 unspecified atom stereocenters. The van der Waals surface area contributed by atoms with Crippen molar-refractivity contribution in [3.05, 3.63) is 11.7 Å². The molecule has 0 bridgehead atoms. The summed E-state index contributed by atoms with van der Waals surface area (Å²) >= 11 is 0. The Kier molecular flexibility index (Phi) is 4.28. The molecular weight excluding hydrogens is 266 g/mol. The van der Waals surface area contributed by atoms with Gasteiger partial charge in [0.15, 0.2) is 5.82 Å². The van der Waals surface area contributed by atoms with Crippen molar-refractivity contribution in [3.63, 3.8) is 0 Å². The third kappa shape index (κ3) is 3.77. The molecule has 2 heterocycles. The lowest BCUT2D eigenvalue weighted by atomic mass is 10.3. The molecule has 9 heteroatoms. The van der Waals surface area contributed by atoms with Gasteiger partial charge in [-0.25, -0.2) is 4.79 Å². The monoisotopic (exact) mass is 281 g/mol. The zero-order chi connectivity index (χ0) is 14.5. The number of nitrogens with zero attached hydrogens (tertiary/aromatic N) is 3. The minimum Gasteiger partial charge on any atom is -0.347 e. The first-order valence-electron chi connectivity index (χ1n) is 6.19. The number of urea groups is 1. The van der Waals surface area contributed by atoms with Crippen LogP contribution in [0, 0.1) is 6.92 Å². The molecule has 1 saturated heterocycles. The zero-order valence-corrected chi connectivity index (χ0v) is 11.0. The van der Waals surface area contributed by atoms with Crippen LogP contribution in [0.15, 0.2) is 4.52 Å². The number of carbonyl (C=O) groups is 3. The highest BCUT2D eigenvalue weighted by molar-refractivity contribution is 5.96. The van der Waals surface area contributed by atoms with E-state index in [2.05, 4.69) is 20.8 Å². The van der Waals surface area contributed by atoms with E-state index in [0.29, 0.717) is 18.3 Å². The normalized spacial score (nSPS) is 15.2. The number of nitrogens with one attached hydrogen (secondary N) is 2. The van der Waals surface area contributed by atoms with E-state index in [-0.39, 0.29) is 37.7 Å². The van der Waals surface area contributed by atoms with Crippen molar-refractivity contribution < 1.29 is 18.9 Å². The van der Waals surface area contributed by atoms with Crippen LogP contribution in [0.25, 0.3) is 0 Å². The Balaban J connectivity index is 1.70. The first-order valence-corrected chi connectivity index (χ1v) is 6.19. The molecule has 0 spiro atoms. The third-order valence-corrected chi connectivity index (χ3v) is 2.76. The van der Waals surface area contributed by atoms with Gasteiger partial charge in [-0.1, -0.05) is 5.16 Å². The third-order valence-electron chi connectivity index (χ3n) is 2.76. The Morgan fingerprint density at radius 3 is 2.95 bits per heavy atom. The molecule has 2 rings (SSSR count). The van der Waals surface area contributed by atoms with Gasteiger partial charge in [-0.2, -0.15) is 4.98 Å². The number of hydrogen-bond acceptors (Lipinski definition) is 6. The lowest BCUT2D eigenvalue weighted by Gasteiger charge is -2.26. The van der Waals surface area contributed by atoms with Crippen molar-refractivity contribution in [3.8, 4) is 0 Å². The van der Waals surface area contributed by atoms with Crippen LogP contribution in [0.3, 0.4) is 0 Å². The Morgan fingerprint density at radius 2 is 2.30 bits per heavy atom. The number of amides is 4. The second-order valence-corrected chi connectivity index (χ2v) is 4.35. The van der Waals surface area contributed by atoms with Crippen LogP contribution in [0.4, 0.5) is 4.79 Å². The van der Waals surface area contributed by atoms with Crippen LogP contribution in [0.2, 0.25) is 0 Å². The highest BCUT2D eigenvalue weighted by Gasteiger charge is 2.22. The maximum Gasteiger partial charge on any atom is 0.324 e. The maximum atomic E-state index is 11.6. The molecule has 0 saturated carbocycles. The standard InChI is InChI=1S/C11H15N5O4/c1-7-13-10(20-15-7)6-12-8(17)2-4-16-5-3-9(18)14-11(16)19/h2-6H2,1H3,(H,12,17)(H,14,18,19). The Bertz CT molecular complexity index is 527. The van der Waals surface area contributed by atoms with E-state index in [0.717, 1.165) is 0 Å². The molecule has 1 aliphatic heterocycles. The summed E-state index contributed by atoms with van der Waals surface area (Å²) in [7, 11) is 0. The molecule has 1 aromatic rings. The van der Waals surface area contributed by atoms with Gasteiger partial charge in [0.1, 0.15) is 0 Å². The van der Waals surface area contributed by atoms with Gasteiger partial charge in [0.05, 0.1) is 6.54 Å². The lowest BCUT2D eigenvalue weighted by molar-refractivity contribution is -0.121. The Hall–Kier alpha value is -2.45. The van der Waals surface area contributed by atoms with Gasteiger partial charge in [-0.3, -0.25) is 14.9 Å². The average Bonchev–Trinajstić information content (AvgIpc) is 2.81. The van der Waals surface area contributed by atoms with Crippen LogP contribution in [-0.2, 0) is 16.1 Å². The van der Waals surface area contributed by atoms with Crippen molar-refractivity contribution in [2.24, 2.45) is 0 Å². The largest absolute Gasteiger partial charge is 0.347 e. The zero-order valence-electron chi connectivity index (χ0n) is 11.0. The number of aromatic nitrogens is 2. The first kappa shape index (κ1) is 14.0. The second kappa shape index (κ2) is 6.13. The van der Waals surface area contributed by atoms with E-state index in [4.69, 9.17) is 4.52 Å². The fourth-order valence-electron chi connectivity index (χ4n) is 1.72. The predicted molar refractivity (Wildman–Crippen MR) is 65.2 cm³/mol. The van der Waals surface area contributed by atoms with E-state index in [1.807, 2.05) is 0 Å². The van der Waals surface area contributed by atoms with Crippen LogP contribution in [-0.4, -0.2) is 46.0 Å². The molecule has 1 aromatic heterocycles. The molecule has 108 valence electrons. The van der Waals surface area contributed by atoms with Crippen LogP contribution in [0.1, 0.15) is 24.6 Å². The molecule has 0 radical (unpaired) electrons. The molecule has 0 aliphatic carbocycles. The van der Waals surface area contributed by atoms with E-state index in [1.165, 1.54) is 4.90 Å². The first-order chi connectivity index (χ1) is 9.54. The Morgan fingerprint density at radius 1 is 1.50 bits per heavy atom. The van der Waals surface area contributed by atoms with Crippen LogP contribution in [0.5, 0.6) is 0 Å². The van der Waals surface area contributed by atoms with Gasteiger partial charge in [0.2, 0.25) is 17.7 Å². The summed E-state index contributed by atoms with van der Waals surface area (Å²) in [5, 5.41) is 8.41. The molecule has 0 atom stereocenters. The van der Waals surface area contributed by atoms with Crippen LogP contribution < -0.4 is 10.6 Å². The van der Waals surface area contributed by atoms with Crippen molar-refractivity contribution in [2.45, 2.75) is 26.3 Å². The topological polar surface area (TPSA) is 117 Å². The lowest BCUT2D eigenvalue weighted by Crippen LogP contribution is -2.50. The van der Waals surface area contributed by atoms with E-state index in [9.17, 15) is 14.4 Å². The van der Waals surface area contributed by atoms with Gasteiger partial charge in [0.25, 0.3) is 0 Å². The van der Waals surface area contributed by atoms with E-state index < -0.39 is 6.03 Å². The van der Waals surface area contributed by atoms with Gasteiger partial charge >= 0.3 is 6.03 Å². The van der Waals surface area contributed by atoms with Gasteiger partial charge in [-0.15, -0.1) is 0 Å². The molecule has 0 aromatic carbocycles. The quantitative estimate of drug-likeness (QED) is 0.738. The molecule has 4 amide bonds. The van der Waals surface area contributed by atoms with Gasteiger partial charge in [-0.05, 0) is 6.92 Å². The summed E-state index contributed by atoms with van der Waals surface area (Å²) in [6.45, 7) is 2.43. The van der Waals surface area contributed by atoms with Crippen molar-refractivity contribution in [1.29, 1.82) is 0 Å². The highest BCUT2D eigenvalue weighted by atomic mass is 16.5. The molecule has 2 N–H and O–H groups in total. The SMILES string of the molecule is Cc1noc(CNC(=O)CCN2CCC(=O)NC2=O)n1. The van der Waals surface area contributed by atoms with Crippen LogP contribution >= 0.6 is 0 Å². The predicted octanol–water partition coefficient (Wildman–Crippen LogP) is -0.674. The second-order valence-electron chi connectivity index (χ2n) is 4.35. The summed E-state index contributed by atoms with van der Waals surface area (Å²) in [5.74, 6) is 0.314. The summed E-state index contributed by atoms with van der Waals surface area (Å²) in [5.41, 5.74) is 0. The minimum atomic E-state index is -0.457. The summed E-state index contributed by atoms with van der Waals surface area (Å²) in [4.78, 5) is 39.4. The van der Waals surface area contributed by atoms with Crippen molar-refractivity contribution in [1.82, 2.24) is 25.7 Å². The van der Waals surface area contributed by atoms with Gasteiger partial charge in [0, 0.05) is 25.9 Å². The number of aryl methyl sites for hydroxylation is 1. The smallest absolute Gasteiger partial charge is 0.324 e.